The number of carbonyl (C=O) groups excluding carboxylic acids is 1. The molecule has 0 fully saturated rings. The van der Waals surface area contributed by atoms with Crippen LogP contribution in [-0.4, -0.2) is 33.2 Å². The Hall–Kier alpha value is -3.54. The number of methoxy groups -OCH3 is 3. The van der Waals surface area contributed by atoms with E-state index in [1.165, 1.54) is 19.8 Å². The molecule has 6 nitrogen and oxygen atoms in total. The van der Waals surface area contributed by atoms with Gasteiger partial charge in [0.05, 0.1) is 21.3 Å². The molecule has 28 heavy (non-hydrogen) atoms. The third-order valence-corrected chi connectivity index (χ3v) is 4.16. The third kappa shape index (κ3) is 4.23. The summed E-state index contributed by atoms with van der Waals surface area (Å²) >= 11 is 0. The summed E-state index contributed by atoms with van der Waals surface area (Å²) in [6, 6.07) is 11.4. The Balaban J connectivity index is 1.89. The minimum Gasteiger partial charge on any atom is -0.496 e. The number of benzene rings is 2. The van der Waals surface area contributed by atoms with Gasteiger partial charge in [-0.15, -0.1) is 0 Å². The van der Waals surface area contributed by atoms with Gasteiger partial charge < -0.3 is 18.9 Å². The van der Waals surface area contributed by atoms with Crippen LogP contribution in [0.15, 0.2) is 53.2 Å². The largest absolute Gasteiger partial charge is 0.496 e. The Morgan fingerprint density at radius 2 is 1.54 bits per heavy atom. The van der Waals surface area contributed by atoms with Crippen molar-refractivity contribution in [2.45, 2.75) is 6.92 Å². The second kappa shape index (κ2) is 8.43. The fraction of sp³-hybridized carbons (Fsp3) is 0.182. The van der Waals surface area contributed by atoms with Crippen LogP contribution < -0.4 is 14.2 Å². The molecule has 0 aromatic heterocycles. The standard InChI is InChI=1S/C22H21NO5/c1-14-5-7-15(8-6-14)9-10-21-23-17(22(24)28-21)11-16-12-19(26-3)20(27-4)13-18(16)25-2/h5-13H,1-4H3/b10-9+,17-11-. The van der Waals surface area contributed by atoms with E-state index < -0.39 is 5.97 Å². The van der Waals surface area contributed by atoms with Crippen LogP contribution in [-0.2, 0) is 9.53 Å². The lowest BCUT2D eigenvalue weighted by molar-refractivity contribution is -0.129. The molecule has 0 saturated carbocycles. The summed E-state index contributed by atoms with van der Waals surface area (Å²) in [6.07, 6.45) is 5.09. The van der Waals surface area contributed by atoms with Crippen LogP contribution in [0, 0.1) is 6.92 Å². The Labute approximate surface area is 163 Å². The smallest absolute Gasteiger partial charge is 0.363 e. The van der Waals surface area contributed by atoms with Gasteiger partial charge in [0.2, 0.25) is 5.90 Å². The van der Waals surface area contributed by atoms with E-state index in [2.05, 4.69) is 4.99 Å². The molecule has 6 heteroatoms. The predicted octanol–water partition coefficient (Wildman–Crippen LogP) is 4.03. The number of nitrogens with zero attached hydrogens (tertiary/aromatic N) is 1. The van der Waals surface area contributed by atoms with Crippen molar-refractivity contribution in [1.82, 2.24) is 0 Å². The molecule has 2 aromatic carbocycles. The van der Waals surface area contributed by atoms with Crippen LogP contribution >= 0.6 is 0 Å². The van der Waals surface area contributed by atoms with Gasteiger partial charge in [0.15, 0.2) is 17.2 Å². The molecular weight excluding hydrogens is 358 g/mol. The van der Waals surface area contributed by atoms with Crippen molar-refractivity contribution in [3.8, 4) is 17.2 Å². The lowest BCUT2D eigenvalue weighted by Crippen LogP contribution is -2.01. The molecule has 0 aliphatic carbocycles. The number of ether oxygens (including phenoxy) is 4. The van der Waals surface area contributed by atoms with Crippen LogP contribution in [0.1, 0.15) is 16.7 Å². The van der Waals surface area contributed by atoms with E-state index >= 15 is 0 Å². The summed E-state index contributed by atoms with van der Waals surface area (Å²) in [5.41, 5.74) is 2.97. The molecule has 1 heterocycles. The van der Waals surface area contributed by atoms with Crippen molar-refractivity contribution >= 4 is 24.0 Å². The normalized spacial score (nSPS) is 14.9. The molecule has 144 valence electrons. The van der Waals surface area contributed by atoms with E-state index in [0.29, 0.717) is 22.8 Å². The predicted molar refractivity (Wildman–Crippen MR) is 108 cm³/mol. The maximum Gasteiger partial charge on any atom is 0.363 e. The average Bonchev–Trinajstić information content (AvgIpc) is 3.06. The number of esters is 1. The maximum atomic E-state index is 12.2. The molecule has 1 aliphatic heterocycles. The van der Waals surface area contributed by atoms with Crippen molar-refractivity contribution in [1.29, 1.82) is 0 Å². The van der Waals surface area contributed by atoms with E-state index in [1.807, 2.05) is 37.3 Å². The zero-order valence-electron chi connectivity index (χ0n) is 16.2. The fourth-order valence-corrected chi connectivity index (χ4v) is 2.65. The van der Waals surface area contributed by atoms with Gasteiger partial charge in [-0.05, 0) is 30.7 Å². The molecule has 3 rings (SSSR count). The van der Waals surface area contributed by atoms with E-state index in [4.69, 9.17) is 18.9 Å². The molecule has 1 aliphatic rings. The molecule has 0 spiro atoms. The van der Waals surface area contributed by atoms with Crippen LogP contribution in [0.4, 0.5) is 0 Å². The van der Waals surface area contributed by atoms with Gasteiger partial charge >= 0.3 is 5.97 Å². The Kier molecular flexibility index (Phi) is 5.79. The molecule has 0 saturated heterocycles. The Bertz CT molecular complexity index is 971. The summed E-state index contributed by atoms with van der Waals surface area (Å²) < 4.78 is 21.2. The summed E-state index contributed by atoms with van der Waals surface area (Å²) in [4.78, 5) is 16.4. The first-order valence-electron chi connectivity index (χ1n) is 8.61. The van der Waals surface area contributed by atoms with Gasteiger partial charge in [-0.2, -0.15) is 0 Å². The second-order valence-electron chi connectivity index (χ2n) is 6.06. The highest BCUT2D eigenvalue weighted by Gasteiger charge is 2.22. The molecule has 0 N–H and O–H groups in total. The van der Waals surface area contributed by atoms with Gasteiger partial charge in [-0.25, -0.2) is 9.79 Å². The number of hydrogen-bond donors (Lipinski definition) is 0. The van der Waals surface area contributed by atoms with Crippen LogP contribution in [0.3, 0.4) is 0 Å². The van der Waals surface area contributed by atoms with Gasteiger partial charge in [0, 0.05) is 17.7 Å². The minimum absolute atomic E-state index is 0.175. The topological polar surface area (TPSA) is 66.3 Å². The summed E-state index contributed by atoms with van der Waals surface area (Å²) in [7, 11) is 4.62. The van der Waals surface area contributed by atoms with Crippen molar-refractivity contribution in [2.24, 2.45) is 4.99 Å². The lowest BCUT2D eigenvalue weighted by Gasteiger charge is -2.12. The second-order valence-corrected chi connectivity index (χ2v) is 6.06. The van der Waals surface area contributed by atoms with E-state index in [0.717, 1.165) is 5.56 Å². The van der Waals surface area contributed by atoms with Crippen LogP contribution in [0.25, 0.3) is 12.2 Å². The van der Waals surface area contributed by atoms with Crippen molar-refractivity contribution in [3.05, 3.63) is 64.9 Å². The van der Waals surface area contributed by atoms with Gasteiger partial charge in [-0.1, -0.05) is 29.8 Å². The molecule has 0 amide bonds. The number of aryl methyl sites for hydroxylation is 1. The third-order valence-electron chi connectivity index (χ3n) is 4.16. The summed E-state index contributed by atoms with van der Waals surface area (Å²) in [5, 5.41) is 0. The Morgan fingerprint density at radius 1 is 0.893 bits per heavy atom. The van der Waals surface area contributed by atoms with E-state index in [9.17, 15) is 4.79 Å². The first kappa shape index (κ1) is 19.2. The SMILES string of the molecule is COc1cc(OC)c(OC)cc1/C=C1N=C(/C=C/c2ccc(C)cc2)OC\1=O. The number of rotatable bonds is 6. The molecule has 2 aromatic rings. The van der Waals surface area contributed by atoms with Gasteiger partial charge in [-0.3, -0.25) is 0 Å². The quantitative estimate of drug-likeness (QED) is 0.560. The fourth-order valence-electron chi connectivity index (χ4n) is 2.65. The monoisotopic (exact) mass is 379 g/mol. The zero-order valence-corrected chi connectivity index (χ0v) is 16.2. The number of cyclic esters (lactones) is 1. The van der Waals surface area contributed by atoms with Gasteiger partial charge in [0.25, 0.3) is 0 Å². The van der Waals surface area contributed by atoms with Gasteiger partial charge in [0.1, 0.15) is 5.75 Å². The summed E-state index contributed by atoms with van der Waals surface area (Å²) in [6.45, 7) is 2.02. The lowest BCUT2D eigenvalue weighted by atomic mass is 10.1. The molecule has 0 atom stereocenters. The van der Waals surface area contributed by atoms with E-state index in [-0.39, 0.29) is 11.6 Å². The highest BCUT2D eigenvalue weighted by Crippen LogP contribution is 2.36. The minimum atomic E-state index is -0.527. The first-order chi connectivity index (χ1) is 13.5. The van der Waals surface area contributed by atoms with Crippen LogP contribution in [0.5, 0.6) is 17.2 Å². The van der Waals surface area contributed by atoms with Crippen LogP contribution in [0.2, 0.25) is 0 Å². The average molecular weight is 379 g/mol. The number of aliphatic imine (C=N–C) groups is 1. The first-order valence-corrected chi connectivity index (χ1v) is 8.61. The number of carbonyl (C=O) groups is 1. The summed E-state index contributed by atoms with van der Waals surface area (Å²) in [5.74, 6) is 1.28. The highest BCUT2D eigenvalue weighted by atomic mass is 16.6. The molecule has 0 bridgehead atoms. The molecule has 0 unspecified atom stereocenters. The zero-order chi connectivity index (χ0) is 20.1. The maximum absolute atomic E-state index is 12.2. The van der Waals surface area contributed by atoms with Crippen molar-refractivity contribution in [2.75, 3.05) is 21.3 Å². The van der Waals surface area contributed by atoms with Crippen molar-refractivity contribution < 1.29 is 23.7 Å². The Morgan fingerprint density at radius 3 is 2.18 bits per heavy atom. The number of hydrogen-bond acceptors (Lipinski definition) is 6. The van der Waals surface area contributed by atoms with Crippen molar-refractivity contribution in [3.63, 3.8) is 0 Å². The van der Waals surface area contributed by atoms with E-state index in [1.54, 1.807) is 31.4 Å². The molecule has 0 radical (unpaired) electrons. The highest BCUT2D eigenvalue weighted by molar-refractivity contribution is 6.11. The molecular formula is C22H21NO5.